The minimum absolute atomic E-state index is 0.0616. The second-order valence-electron chi connectivity index (χ2n) is 5.37. The molecule has 24 heavy (non-hydrogen) atoms. The molecule has 0 fully saturated rings. The summed E-state index contributed by atoms with van der Waals surface area (Å²) < 4.78 is 6.88. The van der Waals surface area contributed by atoms with Gasteiger partial charge in [0.05, 0.1) is 10.9 Å². The van der Waals surface area contributed by atoms with Crippen LogP contribution in [0.2, 0.25) is 0 Å². The molecule has 0 saturated heterocycles. The molecule has 0 aliphatic carbocycles. The zero-order valence-corrected chi connectivity index (χ0v) is 14.7. The molecule has 1 aliphatic heterocycles. The zero-order chi connectivity index (χ0) is 16.4. The van der Waals surface area contributed by atoms with Crippen molar-refractivity contribution in [1.29, 1.82) is 0 Å². The average Bonchev–Trinajstić information content (AvgIpc) is 3.13. The first-order chi connectivity index (χ1) is 11.8. The second-order valence-corrected chi connectivity index (χ2v) is 7.92. The highest BCUT2D eigenvalue weighted by molar-refractivity contribution is 8.38. The number of aliphatic imine (C=N–C) groups is 1. The molecule has 0 spiro atoms. The maximum atomic E-state index is 5.84. The quantitative estimate of drug-likeness (QED) is 0.625. The Bertz CT molecular complexity index is 877. The lowest BCUT2D eigenvalue weighted by molar-refractivity contribution is 0.510. The number of fused-ring (bicyclic) bond motifs is 1. The minimum atomic E-state index is 0.0616. The predicted molar refractivity (Wildman–Crippen MR) is 101 cm³/mol. The van der Waals surface area contributed by atoms with Crippen molar-refractivity contribution >= 4 is 33.6 Å². The SMILES string of the molecule is C[C@H](SC1=Nc2ccccc2CS1)c1nnc(-c2ccccc2)o1. The Labute approximate surface area is 148 Å². The molecule has 2 aromatic carbocycles. The van der Waals surface area contributed by atoms with Crippen molar-refractivity contribution in [1.82, 2.24) is 10.2 Å². The van der Waals surface area contributed by atoms with E-state index in [1.807, 2.05) is 36.4 Å². The lowest BCUT2D eigenvalue weighted by Gasteiger charge is -2.15. The Morgan fingerprint density at radius 1 is 1.04 bits per heavy atom. The van der Waals surface area contributed by atoms with Crippen molar-refractivity contribution in [3.63, 3.8) is 0 Å². The van der Waals surface area contributed by atoms with E-state index in [0.717, 1.165) is 21.4 Å². The largest absolute Gasteiger partial charge is 0.419 e. The Morgan fingerprint density at radius 2 is 1.83 bits per heavy atom. The zero-order valence-electron chi connectivity index (χ0n) is 13.0. The van der Waals surface area contributed by atoms with Gasteiger partial charge in [0, 0.05) is 11.3 Å². The summed E-state index contributed by atoms with van der Waals surface area (Å²) in [7, 11) is 0. The summed E-state index contributed by atoms with van der Waals surface area (Å²) >= 11 is 3.42. The van der Waals surface area contributed by atoms with E-state index in [4.69, 9.17) is 9.41 Å². The van der Waals surface area contributed by atoms with Crippen LogP contribution >= 0.6 is 23.5 Å². The number of hydrogen-bond acceptors (Lipinski definition) is 6. The van der Waals surface area contributed by atoms with Crippen LogP contribution in [0.1, 0.15) is 23.6 Å². The molecule has 0 bridgehead atoms. The van der Waals surface area contributed by atoms with Crippen LogP contribution in [0.25, 0.3) is 11.5 Å². The molecule has 4 nitrogen and oxygen atoms in total. The van der Waals surface area contributed by atoms with Gasteiger partial charge in [0.2, 0.25) is 11.8 Å². The number of benzene rings is 2. The lowest BCUT2D eigenvalue weighted by Crippen LogP contribution is -1.99. The van der Waals surface area contributed by atoms with Crippen LogP contribution in [-0.4, -0.2) is 14.6 Å². The molecule has 0 radical (unpaired) electrons. The maximum absolute atomic E-state index is 5.84. The van der Waals surface area contributed by atoms with Gasteiger partial charge in [-0.05, 0) is 30.7 Å². The van der Waals surface area contributed by atoms with E-state index in [0.29, 0.717) is 11.8 Å². The number of rotatable bonds is 3. The van der Waals surface area contributed by atoms with Gasteiger partial charge in [-0.15, -0.1) is 10.2 Å². The highest BCUT2D eigenvalue weighted by atomic mass is 32.2. The number of para-hydroxylation sites is 1. The van der Waals surface area contributed by atoms with Gasteiger partial charge in [-0.25, -0.2) is 4.99 Å². The van der Waals surface area contributed by atoms with Gasteiger partial charge in [0.25, 0.3) is 0 Å². The first-order valence-electron chi connectivity index (χ1n) is 7.64. The normalized spacial score (nSPS) is 14.8. The molecule has 0 amide bonds. The fraction of sp³-hybridized carbons (Fsp3) is 0.167. The monoisotopic (exact) mass is 353 g/mol. The molecule has 6 heteroatoms. The minimum Gasteiger partial charge on any atom is -0.419 e. The molecular weight excluding hydrogens is 338 g/mol. The summed E-state index contributed by atoms with van der Waals surface area (Å²) in [5, 5.41) is 8.42. The van der Waals surface area contributed by atoms with E-state index in [2.05, 4.69) is 35.3 Å². The Kier molecular flexibility index (Phi) is 4.40. The molecule has 0 saturated carbocycles. The van der Waals surface area contributed by atoms with E-state index < -0.39 is 0 Å². The van der Waals surface area contributed by atoms with Crippen LogP contribution in [0.4, 0.5) is 5.69 Å². The van der Waals surface area contributed by atoms with Crippen LogP contribution < -0.4 is 0 Å². The van der Waals surface area contributed by atoms with E-state index in [9.17, 15) is 0 Å². The molecule has 0 unspecified atom stereocenters. The smallest absolute Gasteiger partial charge is 0.247 e. The van der Waals surface area contributed by atoms with Crippen molar-refractivity contribution in [3.8, 4) is 11.5 Å². The summed E-state index contributed by atoms with van der Waals surface area (Å²) in [6.45, 7) is 2.07. The van der Waals surface area contributed by atoms with E-state index >= 15 is 0 Å². The average molecular weight is 353 g/mol. The molecule has 0 N–H and O–H groups in total. The fourth-order valence-corrected chi connectivity index (χ4v) is 4.59. The molecule has 4 rings (SSSR count). The van der Waals surface area contributed by atoms with Gasteiger partial charge in [-0.2, -0.15) is 0 Å². The van der Waals surface area contributed by atoms with Gasteiger partial charge in [0.15, 0.2) is 0 Å². The molecule has 3 aromatic rings. The van der Waals surface area contributed by atoms with Crippen molar-refractivity contribution < 1.29 is 4.42 Å². The molecule has 1 atom stereocenters. The fourth-order valence-electron chi connectivity index (χ4n) is 2.37. The van der Waals surface area contributed by atoms with Crippen LogP contribution in [0.3, 0.4) is 0 Å². The van der Waals surface area contributed by atoms with Crippen molar-refractivity contribution in [2.75, 3.05) is 0 Å². The number of aromatic nitrogens is 2. The summed E-state index contributed by atoms with van der Waals surface area (Å²) in [4.78, 5) is 4.73. The van der Waals surface area contributed by atoms with Crippen molar-refractivity contribution in [2.45, 2.75) is 17.9 Å². The van der Waals surface area contributed by atoms with E-state index in [1.165, 1.54) is 5.56 Å². The second kappa shape index (κ2) is 6.83. The van der Waals surface area contributed by atoms with Gasteiger partial charge >= 0.3 is 0 Å². The van der Waals surface area contributed by atoms with Crippen LogP contribution in [0, 0.1) is 0 Å². The van der Waals surface area contributed by atoms with Gasteiger partial charge in [0.1, 0.15) is 4.38 Å². The molecule has 1 aliphatic rings. The molecule has 2 heterocycles. The van der Waals surface area contributed by atoms with Crippen molar-refractivity contribution in [2.24, 2.45) is 4.99 Å². The summed E-state index contributed by atoms with van der Waals surface area (Å²) in [5.41, 5.74) is 3.27. The van der Waals surface area contributed by atoms with E-state index in [1.54, 1.807) is 23.5 Å². The predicted octanol–water partition coefficient (Wildman–Crippen LogP) is 5.47. The molecule has 120 valence electrons. The number of thioether (sulfide) groups is 2. The first kappa shape index (κ1) is 15.5. The van der Waals surface area contributed by atoms with Gasteiger partial charge < -0.3 is 4.42 Å². The van der Waals surface area contributed by atoms with Crippen LogP contribution in [0.15, 0.2) is 64.0 Å². The first-order valence-corrected chi connectivity index (χ1v) is 9.51. The molecular formula is C18H15N3OS2. The summed E-state index contributed by atoms with van der Waals surface area (Å²) in [6, 6.07) is 18.1. The number of nitrogens with zero attached hydrogens (tertiary/aromatic N) is 3. The highest BCUT2D eigenvalue weighted by Gasteiger charge is 2.20. The lowest BCUT2D eigenvalue weighted by atomic mass is 10.2. The van der Waals surface area contributed by atoms with Crippen LogP contribution in [-0.2, 0) is 5.75 Å². The van der Waals surface area contributed by atoms with E-state index in [-0.39, 0.29) is 5.25 Å². The van der Waals surface area contributed by atoms with Crippen molar-refractivity contribution in [3.05, 3.63) is 66.1 Å². The Hall–Kier alpha value is -2.05. The number of hydrogen-bond donors (Lipinski definition) is 0. The third kappa shape index (κ3) is 3.25. The van der Waals surface area contributed by atoms with Gasteiger partial charge in [-0.3, -0.25) is 0 Å². The van der Waals surface area contributed by atoms with Crippen LogP contribution in [0.5, 0.6) is 0 Å². The van der Waals surface area contributed by atoms with Gasteiger partial charge in [-0.1, -0.05) is 59.9 Å². The Morgan fingerprint density at radius 3 is 2.71 bits per heavy atom. The summed E-state index contributed by atoms with van der Waals surface area (Å²) in [5.74, 6) is 2.14. The third-order valence-corrected chi connectivity index (χ3v) is 5.93. The maximum Gasteiger partial charge on any atom is 0.247 e. The molecule has 1 aromatic heterocycles. The summed E-state index contributed by atoms with van der Waals surface area (Å²) in [6.07, 6.45) is 0. The standard InChI is InChI=1S/C18H15N3OS2/c1-12(16-20-21-17(22-16)13-7-3-2-4-8-13)24-18-19-15-10-6-5-9-14(15)11-23-18/h2-10,12H,11H2,1H3/t12-/m0/s1. The Balaban J connectivity index is 1.50. The topological polar surface area (TPSA) is 51.3 Å². The highest BCUT2D eigenvalue weighted by Crippen LogP contribution is 2.40. The third-order valence-electron chi connectivity index (χ3n) is 3.64.